The maximum absolute atomic E-state index is 5.72. The molecule has 5 heteroatoms. The molecule has 1 aliphatic heterocycles. The van der Waals surface area contributed by atoms with E-state index < -0.39 is 0 Å². The minimum atomic E-state index is 0.0345. The number of nitrogens with zero attached hydrogens (tertiary/aromatic N) is 2. The molecule has 1 aromatic carbocycles. The number of aryl methyl sites for hydroxylation is 2. The van der Waals surface area contributed by atoms with E-state index >= 15 is 0 Å². The van der Waals surface area contributed by atoms with Gasteiger partial charge in [-0.15, -0.1) is 11.3 Å². The second-order valence-electron chi connectivity index (χ2n) is 6.28. The van der Waals surface area contributed by atoms with Gasteiger partial charge in [0.25, 0.3) is 0 Å². The van der Waals surface area contributed by atoms with E-state index in [0.717, 1.165) is 16.5 Å². The molecule has 3 heterocycles. The summed E-state index contributed by atoms with van der Waals surface area (Å²) < 4.78 is 0. The number of hydrogen-bond donors (Lipinski definition) is 1. The molecule has 2 atom stereocenters. The Morgan fingerprint density at radius 3 is 2.64 bits per heavy atom. The molecule has 3 aromatic rings. The molecule has 126 valence electrons. The fraction of sp³-hybridized carbons (Fsp3) is 0.200. The summed E-state index contributed by atoms with van der Waals surface area (Å²) in [4.78, 5) is 9.40. The second-order valence-corrected chi connectivity index (χ2v) is 7.99. The van der Waals surface area contributed by atoms with E-state index in [9.17, 15) is 0 Å². The number of benzene rings is 1. The van der Waals surface area contributed by atoms with Crippen molar-refractivity contribution in [1.82, 2.24) is 10.3 Å². The number of anilines is 1. The van der Waals surface area contributed by atoms with Crippen molar-refractivity contribution in [3.63, 3.8) is 0 Å². The maximum atomic E-state index is 5.72. The summed E-state index contributed by atoms with van der Waals surface area (Å²) in [5.41, 5.74) is 3.35. The molecule has 0 amide bonds. The number of aromatic nitrogens is 1. The molecule has 0 saturated carbocycles. The molecular formula is C20H19N3S2. The molecule has 0 bridgehead atoms. The van der Waals surface area contributed by atoms with Gasteiger partial charge in [0.2, 0.25) is 0 Å². The molecule has 1 saturated heterocycles. The Bertz CT molecular complexity index is 904. The predicted molar refractivity (Wildman–Crippen MR) is 108 cm³/mol. The molecule has 0 spiro atoms. The highest BCUT2D eigenvalue weighted by molar-refractivity contribution is 7.80. The fourth-order valence-electron chi connectivity index (χ4n) is 3.31. The highest BCUT2D eigenvalue weighted by Crippen LogP contribution is 2.43. The Hall–Kier alpha value is -2.24. The Morgan fingerprint density at radius 2 is 1.96 bits per heavy atom. The minimum absolute atomic E-state index is 0.0345. The van der Waals surface area contributed by atoms with Crippen LogP contribution in [0.4, 0.5) is 5.69 Å². The quantitative estimate of drug-likeness (QED) is 0.666. The van der Waals surface area contributed by atoms with Crippen LogP contribution < -0.4 is 10.2 Å². The predicted octanol–water partition coefficient (Wildman–Crippen LogP) is 4.94. The SMILES string of the molecule is Cc1cccc(N2C(=S)N[C@@H](c3ccccn3)[C@H]2c2ccc(C)s2)c1. The van der Waals surface area contributed by atoms with Gasteiger partial charge in [-0.25, -0.2) is 0 Å². The van der Waals surface area contributed by atoms with E-state index in [1.807, 2.05) is 29.7 Å². The molecule has 0 aliphatic carbocycles. The lowest BCUT2D eigenvalue weighted by Gasteiger charge is -2.27. The lowest BCUT2D eigenvalue weighted by molar-refractivity contribution is 0.575. The van der Waals surface area contributed by atoms with Gasteiger partial charge in [-0.1, -0.05) is 18.2 Å². The van der Waals surface area contributed by atoms with Crippen LogP contribution in [0.1, 0.15) is 33.1 Å². The van der Waals surface area contributed by atoms with Crippen LogP contribution in [0.3, 0.4) is 0 Å². The molecule has 25 heavy (non-hydrogen) atoms. The van der Waals surface area contributed by atoms with Gasteiger partial charge in [-0.3, -0.25) is 4.98 Å². The number of hydrogen-bond acceptors (Lipinski definition) is 3. The zero-order valence-electron chi connectivity index (χ0n) is 14.1. The molecule has 0 unspecified atom stereocenters. The van der Waals surface area contributed by atoms with Gasteiger partial charge in [0, 0.05) is 21.6 Å². The topological polar surface area (TPSA) is 28.2 Å². The standard InChI is InChI=1S/C20H19N3S2/c1-13-6-5-7-15(12-13)23-19(17-10-9-14(2)25-17)18(22-20(23)24)16-8-3-4-11-21-16/h3-12,18-19H,1-2H3,(H,22,24)/t18-,19+/m0/s1. The zero-order valence-corrected chi connectivity index (χ0v) is 15.8. The van der Waals surface area contributed by atoms with Gasteiger partial charge in [0.05, 0.1) is 17.8 Å². The van der Waals surface area contributed by atoms with Gasteiger partial charge in [-0.2, -0.15) is 0 Å². The number of rotatable bonds is 3. The lowest BCUT2D eigenvalue weighted by Crippen LogP contribution is -2.29. The molecule has 4 rings (SSSR count). The first kappa shape index (κ1) is 16.2. The van der Waals surface area contributed by atoms with Crippen molar-refractivity contribution in [1.29, 1.82) is 0 Å². The first-order chi connectivity index (χ1) is 12.1. The molecule has 3 nitrogen and oxygen atoms in total. The van der Waals surface area contributed by atoms with Crippen LogP contribution in [0.5, 0.6) is 0 Å². The van der Waals surface area contributed by atoms with Crippen LogP contribution in [0, 0.1) is 13.8 Å². The molecule has 2 aromatic heterocycles. The van der Waals surface area contributed by atoms with Crippen molar-refractivity contribution in [3.8, 4) is 0 Å². The monoisotopic (exact) mass is 365 g/mol. The van der Waals surface area contributed by atoms with E-state index in [0.29, 0.717) is 0 Å². The lowest BCUT2D eigenvalue weighted by atomic mass is 10.0. The Balaban J connectivity index is 1.83. The maximum Gasteiger partial charge on any atom is 0.174 e. The highest BCUT2D eigenvalue weighted by Gasteiger charge is 2.41. The van der Waals surface area contributed by atoms with Crippen molar-refractivity contribution >= 4 is 34.4 Å². The van der Waals surface area contributed by atoms with Crippen LogP contribution >= 0.6 is 23.6 Å². The molecule has 0 radical (unpaired) electrons. The summed E-state index contributed by atoms with van der Waals surface area (Å²) in [6.07, 6.45) is 1.84. The Labute approximate surface area is 157 Å². The summed E-state index contributed by atoms with van der Waals surface area (Å²) in [7, 11) is 0. The summed E-state index contributed by atoms with van der Waals surface area (Å²) in [5, 5.41) is 4.25. The highest BCUT2D eigenvalue weighted by atomic mass is 32.1. The third-order valence-corrected chi connectivity index (χ3v) is 5.82. The smallest absolute Gasteiger partial charge is 0.174 e. The Kier molecular flexibility index (Phi) is 4.27. The summed E-state index contributed by atoms with van der Waals surface area (Å²) in [5.74, 6) is 0. The molecule has 1 fully saturated rings. The van der Waals surface area contributed by atoms with Crippen LogP contribution in [0.2, 0.25) is 0 Å². The number of nitrogens with one attached hydrogen (secondary N) is 1. The normalized spacial score (nSPS) is 19.9. The van der Waals surface area contributed by atoms with Crippen molar-refractivity contribution in [2.75, 3.05) is 4.90 Å². The molecule has 1 N–H and O–H groups in total. The summed E-state index contributed by atoms with van der Waals surface area (Å²) in [6.45, 7) is 4.25. The number of thiocarbonyl (C=S) groups is 1. The summed E-state index contributed by atoms with van der Waals surface area (Å²) >= 11 is 7.54. The minimum Gasteiger partial charge on any atom is -0.351 e. The van der Waals surface area contributed by atoms with Crippen molar-refractivity contribution in [2.45, 2.75) is 25.9 Å². The largest absolute Gasteiger partial charge is 0.351 e. The van der Waals surface area contributed by atoms with Crippen LogP contribution in [0.15, 0.2) is 60.8 Å². The van der Waals surface area contributed by atoms with E-state index in [-0.39, 0.29) is 12.1 Å². The van der Waals surface area contributed by atoms with E-state index in [4.69, 9.17) is 12.2 Å². The van der Waals surface area contributed by atoms with Crippen molar-refractivity contribution in [2.24, 2.45) is 0 Å². The van der Waals surface area contributed by atoms with Crippen molar-refractivity contribution in [3.05, 3.63) is 81.8 Å². The van der Waals surface area contributed by atoms with Gasteiger partial charge < -0.3 is 10.2 Å². The second kappa shape index (κ2) is 6.58. The molecular weight excluding hydrogens is 346 g/mol. The third-order valence-electron chi connectivity index (χ3n) is 4.43. The molecule has 1 aliphatic rings. The van der Waals surface area contributed by atoms with Gasteiger partial charge in [-0.05, 0) is 68.0 Å². The van der Waals surface area contributed by atoms with E-state index in [2.05, 4.69) is 71.5 Å². The van der Waals surface area contributed by atoms with Crippen LogP contribution in [-0.4, -0.2) is 10.1 Å². The summed E-state index contributed by atoms with van der Waals surface area (Å²) in [6, 6.07) is 19.0. The van der Waals surface area contributed by atoms with Gasteiger partial charge in [0.15, 0.2) is 5.11 Å². The third kappa shape index (κ3) is 3.05. The van der Waals surface area contributed by atoms with Gasteiger partial charge in [0.1, 0.15) is 0 Å². The van der Waals surface area contributed by atoms with Crippen LogP contribution in [-0.2, 0) is 0 Å². The van der Waals surface area contributed by atoms with Crippen molar-refractivity contribution < 1.29 is 0 Å². The average Bonchev–Trinajstić information content (AvgIpc) is 3.18. The van der Waals surface area contributed by atoms with E-state index in [1.165, 1.54) is 15.3 Å². The fourth-order valence-corrected chi connectivity index (χ4v) is 4.66. The number of thiophene rings is 1. The Morgan fingerprint density at radius 1 is 1.08 bits per heavy atom. The zero-order chi connectivity index (χ0) is 17.4. The van der Waals surface area contributed by atoms with E-state index in [1.54, 1.807) is 0 Å². The van der Waals surface area contributed by atoms with Crippen LogP contribution in [0.25, 0.3) is 0 Å². The number of pyridine rings is 1. The average molecular weight is 366 g/mol. The van der Waals surface area contributed by atoms with Gasteiger partial charge >= 0.3 is 0 Å². The first-order valence-corrected chi connectivity index (χ1v) is 9.49. The first-order valence-electron chi connectivity index (χ1n) is 8.27.